The van der Waals surface area contributed by atoms with E-state index in [0.29, 0.717) is 24.5 Å². The van der Waals surface area contributed by atoms with E-state index >= 15 is 0 Å². The van der Waals surface area contributed by atoms with E-state index in [1.54, 1.807) is 26.0 Å². The molecule has 0 heterocycles. The maximum atomic E-state index is 12.7. The quantitative estimate of drug-likeness (QED) is 0.805. The Kier molecular flexibility index (Phi) is 6.39. The molecule has 0 aliphatic carbocycles. The van der Waals surface area contributed by atoms with Crippen molar-refractivity contribution in [1.29, 1.82) is 0 Å². The van der Waals surface area contributed by atoms with Crippen molar-refractivity contribution in [1.82, 2.24) is 4.31 Å². The third-order valence-electron chi connectivity index (χ3n) is 4.07. The molecule has 0 bridgehead atoms. The molecule has 0 saturated heterocycles. The predicted molar refractivity (Wildman–Crippen MR) is 102 cm³/mol. The van der Waals surface area contributed by atoms with Crippen molar-refractivity contribution in [3.63, 3.8) is 0 Å². The number of nitrogens with zero attached hydrogens (tertiary/aromatic N) is 1. The van der Waals surface area contributed by atoms with Gasteiger partial charge in [0.05, 0.1) is 17.6 Å². The molecule has 0 aromatic heterocycles. The molecule has 0 fully saturated rings. The number of methoxy groups -OCH3 is 1. The second-order valence-corrected chi connectivity index (χ2v) is 7.71. The molecule has 0 aliphatic heterocycles. The summed E-state index contributed by atoms with van der Waals surface area (Å²) < 4.78 is 32.0. The maximum absolute atomic E-state index is 12.7. The van der Waals surface area contributed by atoms with Crippen molar-refractivity contribution in [2.45, 2.75) is 25.7 Å². The SMILES string of the molecule is CCN(CC)S(=O)(=O)c1ccc(OC)c(C(=O)Nc2ccc(C)cc2)c1. The maximum Gasteiger partial charge on any atom is 0.259 e. The van der Waals surface area contributed by atoms with Crippen LogP contribution in [-0.2, 0) is 10.0 Å². The summed E-state index contributed by atoms with van der Waals surface area (Å²) in [5.74, 6) is -0.115. The summed E-state index contributed by atoms with van der Waals surface area (Å²) in [6.45, 7) is 6.22. The van der Waals surface area contributed by atoms with Crippen LogP contribution in [0.1, 0.15) is 29.8 Å². The highest BCUT2D eigenvalue weighted by Gasteiger charge is 2.24. The lowest BCUT2D eigenvalue weighted by Gasteiger charge is -2.19. The number of aryl methyl sites for hydroxylation is 1. The van der Waals surface area contributed by atoms with Crippen LogP contribution in [0.3, 0.4) is 0 Å². The van der Waals surface area contributed by atoms with Crippen molar-refractivity contribution in [3.05, 3.63) is 53.6 Å². The van der Waals surface area contributed by atoms with Gasteiger partial charge in [-0.3, -0.25) is 4.79 Å². The molecule has 0 saturated carbocycles. The smallest absolute Gasteiger partial charge is 0.259 e. The molecule has 2 aromatic rings. The van der Waals surface area contributed by atoms with E-state index in [0.717, 1.165) is 5.56 Å². The van der Waals surface area contributed by atoms with Gasteiger partial charge in [0.25, 0.3) is 5.91 Å². The highest BCUT2D eigenvalue weighted by Crippen LogP contribution is 2.25. The molecular weight excluding hydrogens is 352 g/mol. The Labute approximate surface area is 154 Å². The Morgan fingerprint density at radius 2 is 1.69 bits per heavy atom. The lowest BCUT2D eigenvalue weighted by Crippen LogP contribution is -2.30. The number of hydrogen-bond donors (Lipinski definition) is 1. The van der Waals surface area contributed by atoms with Crippen molar-refractivity contribution in [2.24, 2.45) is 0 Å². The van der Waals surface area contributed by atoms with Crippen molar-refractivity contribution < 1.29 is 17.9 Å². The molecule has 0 aliphatic rings. The molecule has 2 rings (SSSR count). The number of anilines is 1. The van der Waals surface area contributed by atoms with Gasteiger partial charge in [-0.05, 0) is 37.3 Å². The topological polar surface area (TPSA) is 75.7 Å². The standard InChI is InChI=1S/C19H24N2O4S/c1-5-21(6-2)26(23,24)16-11-12-18(25-4)17(13-16)19(22)20-15-9-7-14(3)8-10-15/h7-13H,5-6H2,1-4H3,(H,20,22). The van der Waals surface area contributed by atoms with Crippen LogP contribution in [0.4, 0.5) is 5.69 Å². The minimum Gasteiger partial charge on any atom is -0.496 e. The van der Waals surface area contributed by atoms with E-state index in [1.165, 1.54) is 29.6 Å². The lowest BCUT2D eigenvalue weighted by atomic mass is 10.1. The summed E-state index contributed by atoms with van der Waals surface area (Å²) in [6, 6.07) is 11.7. The first-order valence-electron chi connectivity index (χ1n) is 8.39. The van der Waals surface area contributed by atoms with Gasteiger partial charge in [0, 0.05) is 18.8 Å². The largest absolute Gasteiger partial charge is 0.496 e. The van der Waals surface area contributed by atoms with Gasteiger partial charge in [-0.25, -0.2) is 8.42 Å². The Hall–Kier alpha value is -2.38. The molecular formula is C19H24N2O4S. The number of carbonyl (C=O) groups is 1. The van der Waals surface area contributed by atoms with Crippen LogP contribution in [0, 0.1) is 6.92 Å². The fourth-order valence-corrected chi connectivity index (χ4v) is 4.06. The molecule has 2 aromatic carbocycles. The van der Waals surface area contributed by atoms with E-state index in [1.807, 2.05) is 19.1 Å². The zero-order chi connectivity index (χ0) is 19.3. The van der Waals surface area contributed by atoms with Crippen LogP contribution in [0.25, 0.3) is 0 Å². The molecule has 6 nitrogen and oxygen atoms in total. The highest BCUT2D eigenvalue weighted by molar-refractivity contribution is 7.89. The number of hydrogen-bond acceptors (Lipinski definition) is 4. The van der Waals surface area contributed by atoms with E-state index in [2.05, 4.69) is 5.32 Å². The summed E-state index contributed by atoms with van der Waals surface area (Å²) in [7, 11) is -2.22. The number of nitrogens with one attached hydrogen (secondary N) is 1. The molecule has 0 radical (unpaired) electrons. The first-order chi connectivity index (χ1) is 12.3. The molecule has 0 atom stereocenters. The zero-order valence-corrected chi connectivity index (χ0v) is 16.3. The first kappa shape index (κ1) is 19.9. The molecule has 1 N–H and O–H groups in total. The first-order valence-corrected chi connectivity index (χ1v) is 9.83. The monoisotopic (exact) mass is 376 g/mol. The second-order valence-electron chi connectivity index (χ2n) is 5.77. The van der Waals surface area contributed by atoms with Gasteiger partial charge in [0.1, 0.15) is 5.75 Å². The summed E-state index contributed by atoms with van der Waals surface area (Å²) in [6.07, 6.45) is 0. The van der Waals surface area contributed by atoms with Gasteiger partial charge in [-0.1, -0.05) is 31.5 Å². The Bertz CT molecular complexity index is 873. The van der Waals surface area contributed by atoms with Gasteiger partial charge >= 0.3 is 0 Å². The predicted octanol–water partition coefficient (Wildman–Crippen LogP) is 3.29. The molecule has 7 heteroatoms. The van der Waals surface area contributed by atoms with Crippen molar-refractivity contribution in [2.75, 3.05) is 25.5 Å². The van der Waals surface area contributed by atoms with Crippen molar-refractivity contribution >= 4 is 21.6 Å². The second kappa shape index (κ2) is 8.33. The van der Waals surface area contributed by atoms with Crippen molar-refractivity contribution in [3.8, 4) is 5.75 Å². The summed E-state index contributed by atoms with van der Waals surface area (Å²) in [4.78, 5) is 12.7. The van der Waals surface area contributed by atoms with Crippen LogP contribution < -0.4 is 10.1 Å². The van der Waals surface area contributed by atoms with Gasteiger partial charge < -0.3 is 10.1 Å². The average molecular weight is 376 g/mol. The van der Waals surface area contributed by atoms with E-state index in [9.17, 15) is 13.2 Å². The number of carbonyl (C=O) groups excluding carboxylic acids is 1. The van der Waals surface area contributed by atoms with Gasteiger partial charge in [0.2, 0.25) is 10.0 Å². The summed E-state index contributed by atoms with van der Waals surface area (Å²) in [5.41, 5.74) is 1.87. The van der Waals surface area contributed by atoms with Crippen LogP contribution in [-0.4, -0.2) is 38.8 Å². The number of amides is 1. The summed E-state index contributed by atoms with van der Waals surface area (Å²) >= 11 is 0. The molecule has 26 heavy (non-hydrogen) atoms. The van der Waals surface area contributed by atoms with Crippen LogP contribution in [0.5, 0.6) is 5.75 Å². The zero-order valence-electron chi connectivity index (χ0n) is 15.4. The van der Waals surface area contributed by atoms with E-state index in [-0.39, 0.29) is 10.5 Å². The van der Waals surface area contributed by atoms with E-state index in [4.69, 9.17) is 4.74 Å². The van der Waals surface area contributed by atoms with Gasteiger partial charge in [0.15, 0.2) is 0 Å². The Morgan fingerprint density at radius 1 is 1.08 bits per heavy atom. The lowest BCUT2D eigenvalue weighted by molar-refractivity contribution is 0.102. The third kappa shape index (κ3) is 4.23. The van der Waals surface area contributed by atoms with E-state index < -0.39 is 15.9 Å². The minimum absolute atomic E-state index is 0.0658. The molecule has 0 spiro atoms. The summed E-state index contributed by atoms with van der Waals surface area (Å²) in [5, 5.41) is 2.77. The molecule has 140 valence electrons. The third-order valence-corrected chi connectivity index (χ3v) is 6.11. The number of rotatable bonds is 7. The average Bonchev–Trinajstić information content (AvgIpc) is 2.63. The Morgan fingerprint density at radius 3 is 2.23 bits per heavy atom. The van der Waals surface area contributed by atoms with Crippen LogP contribution in [0.15, 0.2) is 47.4 Å². The van der Waals surface area contributed by atoms with Crippen LogP contribution >= 0.6 is 0 Å². The van der Waals surface area contributed by atoms with Gasteiger partial charge in [-0.2, -0.15) is 4.31 Å². The van der Waals surface area contributed by atoms with Gasteiger partial charge in [-0.15, -0.1) is 0 Å². The normalized spacial score (nSPS) is 11.4. The highest BCUT2D eigenvalue weighted by atomic mass is 32.2. The number of ether oxygens (including phenoxy) is 1. The number of sulfonamides is 1. The molecule has 1 amide bonds. The fourth-order valence-electron chi connectivity index (χ4n) is 2.57. The fraction of sp³-hybridized carbons (Fsp3) is 0.316. The van der Waals surface area contributed by atoms with Crippen LogP contribution in [0.2, 0.25) is 0 Å². The molecule has 0 unspecified atom stereocenters. The number of benzene rings is 2. The Balaban J connectivity index is 2.40. The minimum atomic E-state index is -3.66.